The number of rotatable bonds is 1. The van der Waals surface area contributed by atoms with E-state index in [1.807, 2.05) is 20.8 Å². The first kappa shape index (κ1) is 10.5. The Hall–Kier alpha value is -0.570. The predicted molar refractivity (Wildman–Crippen MR) is 53.5 cm³/mol. The molecule has 1 atom stereocenters. The number of piperidine rings is 1. The zero-order chi connectivity index (χ0) is 9.90. The lowest BCUT2D eigenvalue weighted by molar-refractivity contribution is -0.129. The van der Waals surface area contributed by atoms with E-state index in [1.165, 1.54) is 0 Å². The summed E-state index contributed by atoms with van der Waals surface area (Å²) in [4.78, 5) is 11.6. The van der Waals surface area contributed by atoms with Gasteiger partial charge >= 0.3 is 0 Å². The van der Waals surface area contributed by atoms with Crippen molar-refractivity contribution in [1.29, 1.82) is 0 Å². The molecule has 0 aromatic carbocycles. The van der Waals surface area contributed by atoms with Crippen LogP contribution in [0.25, 0.3) is 0 Å². The first-order valence-electron chi connectivity index (χ1n) is 5.02. The molecule has 0 aliphatic carbocycles. The third kappa shape index (κ3) is 3.35. The Morgan fingerprint density at radius 2 is 2.15 bits per heavy atom. The van der Waals surface area contributed by atoms with Gasteiger partial charge in [-0.05, 0) is 19.4 Å². The summed E-state index contributed by atoms with van der Waals surface area (Å²) in [5.41, 5.74) is -0.266. The van der Waals surface area contributed by atoms with Gasteiger partial charge in [-0.3, -0.25) is 4.79 Å². The van der Waals surface area contributed by atoms with Crippen LogP contribution in [0.5, 0.6) is 0 Å². The summed E-state index contributed by atoms with van der Waals surface area (Å²) >= 11 is 0. The second-order valence-electron chi connectivity index (χ2n) is 4.77. The van der Waals surface area contributed by atoms with Crippen molar-refractivity contribution >= 4 is 5.91 Å². The van der Waals surface area contributed by atoms with E-state index < -0.39 is 0 Å². The fraction of sp³-hybridized carbons (Fsp3) is 0.900. The van der Waals surface area contributed by atoms with E-state index in [1.54, 1.807) is 0 Å². The molecule has 0 bridgehead atoms. The predicted octanol–water partition coefficient (Wildman–Crippen LogP) is 0.901. The normalized spacial score (nSPS) is 24.1. The van der Waals surface area contributed by atoms with Crippen molar-refractivity contribution in [1.82, 2.24) is 10.6 Å². The highest BCUT2D eigenvalue weighted by Gasteiger charge is 2.24. The zero-order valence-corrected chi connectivity index (χ0v) is 8.81. The van der Waals surface area contributed by atoms with Crippen molar-refractivity contribution in [2.45, 2.75) is 39.7 Å². The molecule has 1 rings (SSSR count). The minimum absolute atomic E-state index is 0.154. The highest BCUT2D eigenvalue weighted by Crippen LogP contribution is 2.13. The van der Waals surface area contributed by atoms with Gasteiger partial charge in [-0.15, -0.1) is 0 Å². The van der Waals surface area contributed by atoms with Crippen molar-refractivity contribution in [3.63, 3.8) is 0 Å². The summed E-state index contributed by atoms with van der Waals surface area (Å²) in [6.07, 6.45) is 2.27. The molecule has 0 aromatic heterocycles. The molecule has 1 fully saturated rings. The fourth-order valence-corrected chi connectivity index (χ4v) is 1.38. The van der Waals surface area contributed by atoms with Gasteiger partial charge in [0.1, 0.15) is 0 Å². The third-order valence-electron chi connectivity index (χ3n) is 2.31. The van der Waals surface area contributed by atoms with Crippen LogP contribution in [0.3, 0.4) is 0 Å². The fourth-order valence-electron chi connectivity index (χ4n) is 1.38. The Kier molecular flexibility index (Phi) is 3.31. The van der Waals surface area contributed by atoms with Gasteiger partial charge in [0.05, 0.1) is 0 Å². The average molecular weight is 184 g/mol. The molecule has 3 nitrogen and oxygen atoms in total. The van der Waals surface area contributed by atoms with E-state index in [9.17, 15) is 4.79 Å². The molecular weight excluding hydrogens is 164 g/mol. The molecule has 1 heterocycles. The van der Waals surface area contributed by atoms with Gasteiger partial charge in [-0.2, -0.15) is 0 Å². The Morgan fingerprint density at radius 1 is 1.46 bits per heavy atom. The van der Waals surface area contributed by atoms with E-state index in [0.29, 0.717) is 6.04 Å². The standard InChI is InChI=1S/C10H20N2O/c1-10(2,3)9(13)12-8-5-4-6-11-7-8/h8,11H,4-7H2,1-3H3,(H,12,13). The number of hydrogen-bond acceptors (Lipinski definition) is 2. The van der Waals surface area contributed by atoms with Crippen LogP contribution in [0.4, 0.5) is 0 Å². The highest BCUT2D eigenvalue weighted by atomic mass is 16.2. The van der Waals surface area contributed by atoms with Gasteiger partial charge < -0.3 is 10.6 Å². The van der Waals surface area contributed by atoms with Crippen LogP contribution in [0.1, 0.15) is 33.6 Å². The largest absolute Gasteiger partial charge is 0.352 e. The smallest absolute Gasteiger partial charge is 0.225 e. The monoisotopic (exact) mass is 184 g/mol. The summed E-state index contributed by atoms with van der Waals surface area (Å²) in [5.74, 6) is 0.154. The van der Waals surface area contributed by atoms with Crippen molar-refractivity contribution in [2.75, 3.05) is 13.1 Å². The third-order valence-corrected chi connectivity index (χ3v) is 2.31. The van der Waals surface area contributed by atoms with Crippen LogP contribution in [0.15, 0.2) is 0 Å². The molecule has 3 heteroatoms. The van der Waals surface area contributed by atoms with Gasteiger partial charge in [0.2, 0.25) is 5.91 Å². The molecule has 1 amide bonds. The molecule has 0 spiro atoms. The topological polar surface area (TPSA) is 41.1 Å². The van der Waals surface area contributed by atoms with E-state index in [4.69, 9.17) is 0 Å². The van der Waals surface area contributed by atoms with E-state index >= 15 is 0 Å². The van der Waals surface area contributed by atoms with Gasteiger partial charge in [-0.25, -0.2) is 0 Å². The van der Waals surface area contributed by atoms with Crippen molar-refractivity contribution < 1.29 is 4.79 Å². The number of carbonyl (C=O) groups is 1. The average Bonchev–Trinajstić information content (AvgIpc) is 2.04. The molecule has 0 radical (unpaired) electrons. The van der Waals surface area contributed by atoms with Gasteiger partial charge in [0, 0.05) is 18.0 Å². The first-order valence-corrected chi connectivity index (χ1v) is 5.02. The lowest BCUT2D eigenvalue weighted by atomic mass is 9.94. The Morgan fingerprint density at radius 3 is 2.62 bits per heavy atom. The van der Waals surface area contributed by atoms with E-state index in [-0.39, 0.29) is 11.3 Å². The molecule has 13 heavy (non-hydrogen) atoms. The minimum Gasteiger partial charge on any atom is -0.352 e. The van der Waals surface area contributed by atoms with Crippen molar-refractivity contribution in [3.8, 4) is 0 Å². The number of amides is 1. The Labute approximate surface area is 80.3 Å². The molecule has 76 valence electrons. The summed E-state index contributed by atoms with van der Waals surface area (Å²) in [6.45, 7) is 7.83. The Bertz CT molecular complexity index is 178. The maximum absolute atomic E-state index is 11.6. The number of carbonyl (C=O) groups excluding carboxylic acids is 1. The van der Waals surface area contributed by atoms with E-state index in [0.717, 1.165) is 25.9 Å². The second-order valence-corrected chi connectivity index (χ2v) is 4.77. The molecule has 0 saturated carbocycles. The van der Waals surface area contributed by atoms with Crippen LogP contribution >= 0.6 is 0 Å². The number of nitrogens with one attached hydrogen (secondary N) is 2. The molecule has 0 aromatic rings. The minimum atomic E-state index is -0.266. The van der Waals surface area contributed by atoms with Crippen LogP contribution in [-0.4, -0.2) is 25.0 Å². The molecular formula is C10H20N2O. The van der Waals surface area contributed by atoms with Crippen LogP contribution in [0.2, 0.25) is 0 Å². The molecule has 2 N–H and O–H groups in total. The van der Waals surface area contributed by atoms with Crippen molar-refractivity contribution in [2.24, 2.45) is 5.41 Å². The highest BCUT2D eigenvalue weighted by molar-refractivity contribution is 5.81. The lowest BCUT2D eigenvalue weighted by Gasteiger charge is -2.27. The lowest BCUT2D eigenvalue weighted by Crippen LogP contribution is -2.48. The van der Waals surface area contributed by atoms with Crippen molar-refractivity contribution in [3.05, 3.63) is 0 Å². The van der Waals surface area contributed by atoms with Gasteiger partial charge in [0.25, 0.3) is 0 Å². The molecule has 1 aliphatic heterocycles. The molecule has 1 aliphatic rings. The summed E-state index contributed by atoms with van der Waals surface area (Å²) in [5, 5.41) is 6.33. The van der Waals surface area contributed by atoms with Gasteiger partial charge in [0.15, 0.2) is 0 Å². The quantitative estimate of drug-likeness (QED) is 0.635. The summed E-state index contributed by atoms with van der Waals surface area (Å²) < 4.78 is 0. The van der Waals surface area contributed by atoms with Crippen LogP contribution in [0, 0.1) is 5.41 Å². The van der Waals surface area contributed by atoms with Crippen LogP contribution < -0.4 is 10.6 Å². The Balaban J connectivity index is 2.35. The molecule has 1 saturated heterocycles. The maximum Gasteiger partial charge on any atom is 0.225 e. The zero-order valence-electron chi connectivity index (χ0n) is 8.81. The summed E-state index contributed by atoms with van der Waals surface area (Å²) in [7, 11) is 0. The first-order chi connectivity index (χ1) is 6.00. The van der Waals surface area contributed by atoms with Gasteiger partial charge in [-0.1, -0.05) is 20.8 Å². The maximum atomic E-state index is 11.6. The summed E-state index contributed by atoms with van der Waals surface area (Å²) in [6, 6.07) is 0.334. The second kappa shape index (κ2) is 4.09. The van der Waals surface area contributed by atoms with Crippen LogP contribution in [-0.2, 0) is 4.79 Å². The number of hydrogen-bond donors (Lipinski definition) is 2. The molecule has 1 unspecified atom stereocenters. The SMILES string of the molecule is CC(C)(C)C(=O)NC1CCCNC1. The van der Waals surface area contributed by atoms with E-state index in [2.05, 4.69) is 10.6 Å².